The predicted octanol–water partition coefficient (Wildman–Crippen LogP) is 17.7. The molecule has 10 aromatic rings. The number of nitriles is 2. The van der Waals surface area contributed by atoms with Crippen LogP contribution in [0.1, 0.15) is 38.9 Å². The standard InChI is InChI=1S/C55H25F15N4/c56-51(57,58)34-16-31(17-35(24-34)52(59,60)61)29-10-13-41-39-5-1-3-7-45(39)73(47(41)20-29)49-22-33(38-12-9-28(26-71)15-44(38)55(68,69)70)23-50(43(49)27-72)74-46-8-4-2-6-40(46)42-14-11-30(21-48(42)74)32-18-36(53(62,63)64)25-37(19-32)54(65,66)67/h1-25H. The van der Waals surface area contributed by atoms with Gasteiger partial charge in [-0.1, -0.05) is 66.7 Å². The van der Waals surface area contributed by atoms with Gasteiger partial charge in [0.2, 0.25) is 0 Å². The minimum Gasteiger partial charge on any atom is -0.308 e. The SMILES string of the molecule is N#Cc1ccc(-c2cc(-n3c4ccccc4c4ccc(-c5cc(C(F)(F)F)cc(C(F)(F)F)c5)cc43)c(C#N)c(-n3c4ccccc4c4ccc(-c5cc(C(F)(F)F)cc(C(F)(F)F)c5)cc43)c2)c(C(F)(F)F)c1. The van der Waals surface area contributed by atoms with Gasteiger partial charge in [0, 0.05) is 21.5 Å². The molecule has 0 fully saturated rings. The Bertz CT molecular complexity index is 3760. The van der Waals surface area contributed by atoms with Crippen molar-refractivity contribution in [1.29, 1.82) is 10.5 Å². The van der Waals surface area contributed by atoms with Gasteiger partial charge in [-0.15, -0.1) is 0 Å². The molecule has 0 bridgehead atoms. The molecule has 370 valence electrons. The maximum Gasteiger partial charge on any atom is 0.417 e. The minimum absolute atomic E-state index is 0.0411. The Hall–Kier alpha value is -8.71. The van der Waals surface area contributed by atoms with Crippen LogP contribution in [-0.4, -0.2) is 9.13 Å². The first-order chi connectivity index (χ1) is 34.7. The number of nitrogens with zero attached hydrogens (tertiary/aromatic N) is 4. The van der Waals surface area contributed by atoms with E-state index in [0.29, 0.717) is 51.9 Å². The molecule has 8 aromatic carbocycles. The number of hydrogen-bond donors (Lipinski definition) is 0. The average molecular weight is 1030 g/mol. The quantitative estimate of drug-likeness (QED) is 0.161. The van der Waals surface area contributed by atoms with Crippen molar-refractivity contribution >= 4 is 43.6 Å². The molecule has 0 saturated heterocycles. The van der Waals surface area contributed by atoms with Crippen molar-refractivity contribution in [2.45, 2.75) is 30.9 Å². The number of aromatic nitrogens is 2. The molecule has 19 heteroatoms. The number of fused-ring (bicyclic) bond motifs is 6. The van der Waals surface area contributed by atoms with E-state index < -0.39 is 75.4 Å². The van der Waals surface area contributed by atoms with E-state index >= 15 is 13.2 Å². The van der Waals surface area contributed by atoms with Crippen molar-refractivity contribution in [2.24, 2.45) is 0 Å². The summed E-state index contributed by atoms with van der Waals surface area (Å²) in [4.78, 5) is 0. The first kappa shape index (κ1) is 48.9. The van der Waals surface area contributed by atoms with E-state index in [9.17, 15) is 63.2 Å². The molecule has 0 amide bonds. The molecular weight excluding hydrogens is 1000 g/mol. The van der Waals surface area contributed by atoms with Gasteiger partial charge in [-0.2, -0.15) is 76.4 Å². The summed E-state index contributed by atoms with van der Waals surface area (Å²) in [6.45, 7) is 0. The number of benzene rings is 8. The number of alkyl halides is 15. The Morgan fingerprint density at radius 1 is 0.324 bits per heavy atom. The van der Waals surface area contributed by atoms with Crippen LogP contribution in [0.3, 0.4) is 0 Å². The highest BCUT2D eigenvalue weighted by Crippen LogP contribution is 2.46. The van der Waals surface area contributed by atoms with E-state index in [1.54, 1.807) is 54.6 Å². The van der Waals surface area contributed by atoms with E-state index in [1.807, 2.05) is 0 Å². The molecule has 0 aliphatic carbocycles. The Morgan fingerprint density at radius 2 is 0.716 bits per heavy atom. The van der Waals surface area contributed by atoms with Crippen LogP contribution in [0.4, 0.5) is 65.9 Å². The molecular formula is C55H25F15N4. The number of hydrogen-bond acceptors (Lipinski definition) is 2. The first-order valence-corrected chi connectivity index (χ1v) is 21.6. The summed E-state index contributed by atoms with van der Waals surface area (Å²) >= 11 is 0. The summed E-state index contributed by atoms with van der Waals surface area (Å²) < 4.78 is 218. The monoisotopic (exact) mass is 1030 g/mol. The lowest BCUT2D eigenvalue weighted by atomic mass is 9.94. The molecule has 0 N–H and O–H groups in total. The second-order valence-corrected chi connectivity index (χ2v) is 17.1. The van der Waals surface area contributed by atoms with Crippen LogP contribution in [0.25, 0.3) is 88.4 Å². The second kappa shape index (κ2) is 16.9. The summed E-state index contributed by atoms with van der Waals surface area (Å²) in [5.41, 5.74) is -10.4. The summed E-state index contributed by atoms with van der Waals surface area (Å²) in [6, 6.07) is 31.5. The van der Waals surface area contributed by atoms with Gasteiger partial charge in [0.15, 0.2) is 0 Å². The Balaban J connectivity index is 1.34. The fourth-order valence-electron chi connectivity index (χ4n) is 9.40. The molecule has 74 heavy (non-hydrogen) atoms. The highest BCUT2D eigenvalue weighted by atomic mass is 19.4. The Labute approximate surface area is 406 Å². The number of rotatable bonds is 5. The van der Waals surface area contributed by atoms with Crippen molar-refractivity contribution in [2.75, 3.05) is 0 Å². The van der Waals surface area contributed by atoms with E-state index in [0.717, 1.165) is 12.1 Å². The molecule has 10 rings (SSSR count). The van der Waals surface area contributed by atoms with Gasteiger partial charge in [-0.3, -0.25) is 0 Å². The lowest BCUT2D eigenvalue weighted by Crippen LogP contribution is -2.11. The summed E-state index contributed by atoms with van der Waals surface area (Å²) in [5.74, 6) is 0. The normalized spacial score (nSPS) is 12.8. The topological polar surface area (TPSA) is 57.4 Å². The number of para-hydroxylation sites is 2. The summed E-state index contributed by atoms with van der Waals surface area (Å²) in [5, 5.41) is 22.5. The third-order valence-electron chi connectivity index (χ3n) is 12.6. The van der Waals surface area contributed by atoms with Crippen molar-refractivity contribution < 1.29 is 65.9 Å². The molecule has 0 spiro atoms. The molecule has 2 heterocycles. The van der Waals surface area contributed by atoms with Gasteiger partial charge in [-0.05, 0) is 118 Å². The van der Waals surface area contributed by atoms with Crippen LogP contribution >= 0.6 is 0 Å². The van der Waals surface area contributed by atoms with Gasteiger partial charge >= 0.3 is 30.9 Å². The predicted molar refractivity (Wildman–Crippen MR) is 246 cm³/mol. The van der Waals surface area contributed by atoms with Crippen LogP contribution in [0.5, 0.6) is 0 Å². The molecule has 0 aliphatic rings. The van der Waals surface area contributed by atoms with Gasteiger partial charge in [0.05, 0.1) is 72.9 Å². The lowest BCUT2D eigenvalue weighted by molar-refractivity contribution is -0.144. The molecule has 0 aliphatic heterocycles. The molecule has 0 saturated carbocycles. The lowest BCUT2D eigenvalue weighted by Gasteiger charge is -2.20. The third kappa shape index (κ3) is 8.47. The van der Waals surface area contributed by atoms with Gasteiger partial charge < -0.3 is 9.13 Å². The van der Waals surface area contributed by atoms with Gasteiger partial charge in [0.25, 0.3) is 0 Å². The minimum atomic E-state index is -5.22. The van der Waals surface area contributed by atoms with Crippen molar-refractivity contribution in [1.82, 2.24) is 9.13 Å². The Kier molecular flexibility index (Phi) is 11.2. The van der Waals surface area contributed by atoms with Gasteiger partial charge in [-0.25, -0.2) is 0 Å². The molecule has 0 unspecified atom stereocenters. The van der Waals surface area contributed by atoms with E-state index in [-0.39, 0.29) is 73.4 Å². The van der Waals surface area contributed by atoms with E-state index in [2.05, 4.69) is 6.07 Å². The highest BCUT2D eigenvalue weighted by Gasteiger charge is 2.39. The zero-order valence-electron chi connectivity index (χ0n) is 36.9. The maximum absolute atomic E-state index is 15.1. The van der Waals surface area contributed by atoms with Crippen LogP contribution in [0.2, 0.25) is 0 Å². The molecule has 0 atom stereocenters. The van der Waals surface area contributed by atoms with Crippen molar-refractivity contribution in [3.8, 4) is 56.9 Å². The Morgan fingerprint density at radius 3 is 1.08 bits per heavy atom. The largest absolute Gasteiger partial charge is 0.417 e. The van der Waals surface area contributed by atoms with Crippen LogP contribution in [0, 0.1) is 22.7 Å². The maximum atomic E-state index is 15.1. The summed E-state index contributed by atoms with van der Waals surface area (Å²) in [6.07, 6.45) is -26.0. The molecule has 0 radical (unpaired) electrons. The van der Waals surface area contributed by atoms with Crippen LogP contribution < -0.4 is 0 Å². The van der Waals surface area contributed by atoms with E-state index in [1.165, 1.54) is 57.7 Å². The molecule has 2 aromatic heterocycles. The first-order valence-electron chi connectivity index (χ1n) is 21.6. The second-order valence-electron chi connectivity index (χ2n) is 17.1. The fraction of sp³-hybridized carbons (Fsp3) is 0.0909. The number of halogens is 15. The van der Waals surface area contributed by atoms with Crippen LogP contribution in [0.15, 0.2) is 152 Å². The highest BCUT2D eigenvalue weighted by molar-refractivity contribution is 6.12. The van der Waals surface area contributed by atoms with Crippen molar-refractivity contribution in [3.63, 3.8) is 0 Å². The smallest absolute Gasteiger partial charge is 0.308 e. The fourth-order valence-corrected chi connectivity index (χ4v) is 9.40. The third-order valence-corrected chi connectivity index (χ3v) is 12.6. The average Bonchev–Trinajstić information content (AvgIpc) is 3.86. The van der Waals surface area contributed by atoms with Crippen LogP contribution in [-0.2, 0) is 30.9 Å². The van der Waals surface area contributed by atoms with Crippen molar-refractivity contribution in [3.05, 3.63) is 191 Å². The summed E-state index contributed by atoms with van der Waals surface area (Å²) in [7, 11) is 0. The van der Waals surface area contributed by atoms with E-state index in [4.69, 9.17) is 0 Å². The zero-order chi connectivity index (χ0) is 53.0. The molecule has 4 nitrogen and oxygen atoms in total. The zero-order valence-corrected chi connectivity index (χ0v) is 36.9. The van der Waals surface area contributed by atoms with Gasteiger partial charge in [0.1, 0.15) is 11.6 Å².